The van der Waals surface area contributed by atoms with Crippen LogP contribution < -0.4 is 0 Å². The van der Waals surface area contributed by atoms with Gasteiger partial charge in [0.25, 0.3) is 0 Å². The van der Waals surface area contributed by atoms with Gasteiger partial charge in [-0.3, -0.25) is 4.79 Å². The van der Waals surface area contributed by atoms with Gasteiger partial charge in [-0.25, -0.2) is 17.2 Å². The van der Waals surface area contributed by atoms with Crippen molar-refractivity contribution in [3.63, 3.8) is 0 Å². The van der Waals surface area contributed by atoms with E-state index in [1.807, 2.05) is 6.92 Å². The van der Waals surface area contributed by atoms with Crippen LogP contribution in [-0.2, 0) is 14.8 Å². The topological polar surface area (TPSA) is 54.5 Å². The average molecular weight is 466 g/mol. The molecule has 1 aliphatic rings. The summed E-state index contributed by atoms with van der Waals surface area (Å²) in [6, 6.07) is 18.2. The molecule has 1 heterocycles. The van der Waals surface area contributed by atoms with Gasteiger partial charge in [-0.05, 0) is 43.3 Å². The summed E-state index contributed by atoms with van der Waals surface area (Å²) in [5.41, 5.74) is 1.44. The number of hydrogen-bond donors (Lipinski definition) is 0. The number of piperidine rings is 1. The van der Waals surface area contributed by atoms with Crippen LogP contribution in [0, 0.1) is 18.6 Å². The summed E-state index contributed by atoms with van der Waals surface area (Å²) in [7, 11) is -3.96. The Hall–Kier alpha value is -3.42. The molecule has 0 bridgehead atoms. The molecule has 4 nitrogen and oxygen atoms in total. The molecule has 3 aromatic rings. The minimum atomic E-state index is -3.96. The summed E-state index contributed by atoms with van der Waals surface area (Å²) in [5, 5.41) is 0. The summed E-state index contributed by atoms with van der Waals surface area (Å²) in [6.07, 6.45) is 2.70. The minimum Gasteiger partial charge on any atom is -0.289 e. The lowest BCUT2D eigenvalue weighted by atomic mass is 9.95. The van der Waals surface area contributed by atoms with Gasteiger partial charge in [-0.15, -0.1) is 0 Å². The molecule has 3 aromatic carbocycles. The van der Waals surface area contributed by atoms with Crippen LogP contribution in [0.1, 0.15) is 16.7 Å². The van der Waals surface area contributed by atoms with Crippen molar-refractivity contribution in [3.05, 3.63) is 112 Å². The fourth-order valence-electron chi connectivity index (χ4n) is 3.60. The SMILES string of the molecule is Cc1ccc(S(=O)(=O)N2CC(=Cc3ccccc3F)C(=O)C(=Cc3ccccc3F)C2)cc1. The fourth-order valence-corrected chi connectivity index (χ4v) is 4.99. The molecule has 0 spiro atoms. The first-order chi connectivity index (χ1) is 15.8. The van der Waals surface area contributed by atoms with E-state index in [4.69, 9.17) is 0 Å². The molecular weight excluding hydrogens is 444 g/mol. The maximum absolute atomic E-state index is 14.3. The molecule has 0 aromatic heterocycles. The Morgan fingerprint density at radius 3 is 1.67 bits per heavy atom. The van der Waals surface area contributed by atoms with Gasteiger partial charge in [0.1, 0.15) is 11.6 Å². The second-order valence-corrected chi connectivity index (χ2v) is 9.74. The van der Waals surface area contributed by atoms with E-state index >= 15 is 0 Å². The Balaban J connectivity index is 1.81. The van der Waals surface area contributed by atoms with Crippen molar-refractivity contribution in [1.29, 1.82) is 0 Å². The lowest BCUT2D eigenvalue weighted by molar-refractivity contribution is -0.113. The molecule has 7 heteroatoms. The number of carbonyl (C=O) groups excluding carboxylic acids is 1. The van der Waals surface area contributed by atoms with Crippen LogP contribution in [0.5, 0.6) is 0 Å². The fraction of sp³-hybridized carbons (Fsp3) is 0.115. The Labute approximate surface area is 191 Å². The van der Waals surface area contributed by atoms with E-state index in [-0.39, 0.29) is 40.3 Å². The highest BCUT2D eigenvalue weighted by atomic mass is 32.2. The average Bonchev–Trinajstić information content (AvgIpc) is 2.79. The molecule has 1 fully saturated rings. The molecule has 0 unspecified atom stereocenters. The molecule has 0 amide bonds. The number of rotatable bonds is 4. The highest BCUT2D eigenvalue weighted by molar-refractivity contribution is 7.89. The van der Waals surface area contributed by atoms with Gasteiger partial charge in [-0.2, -0.15) is 4.31 Å². The predicted molar refractivity (Wildman–Crippen MR) is 124 cm³/mol. The minimum absolute atomic E-state index is 0.0814. The zero-order chi connectivity index (χ0) is 23.6. The molecular formula is C26H21F2NO3S. The zero-order valence-electron chi connectivity index (χ0n) is 17.8. The van der Waals surface area contributed by atoms with Crippen molar-refractivity contribution in [3.8, 4) is 0 Å². The van der Waals surface area contributed by atoms with Crippen molar-refractivity contribution >= 4 is 28.0 Å². The van der Waals surface area contributed by atoms with Crippen molar-refractivity contribution < 1.29 is 22.0 Å². The number of aryl methyl sites for hydroxylation is 1. The van der Waals surface area contributed by atoms with Crippen LogP contribution in [-0.4, -0.2) is 31.6 Å². The maximum Gasteiger partial charge on any atom is 0.243 e. The number of Topliss-reactive ketones (excluding diaryl/α,β-unsaturated/α-hetero) is 1. The van der Waals surface area contributed by atoms with E-state index < -0.39 is 27.4 Å². The van der Waals surface area contributed by atoms with Crippen molar-refractivity contribution in [2.24, 2.45) is 0 Å². The van der Waals surface area contributed by atoms with Gasteiger partial charge in [0.2, 0.25) is 10.0 Å². The van der Waals surface area contributed by atoms with Crippen LogP contribution in [0.3, 0.4) is 0 Å². The Bertz CT molecular complexity index is 1310. The van der Waals surface area contributed by atoms with E-state index in [1.54, 1.807) is 24.3 Å². The van der Waals surface area contributed by atoms with E-state index in [2.05, 4.69) is 0 Å². The van der Waals surface area contributed by atoms with E-state index in [0.29, 0.717) is 0 Å². The first-order valence-electron chi connectivity index (χ1n) is 10.3. The summed E-state index contributed by atoms with van der Waals surface area (Å²) >= 11 is 0. The van der Waals surface area contributed by atoms with Crippen LogP contribution in [0.25, 0.3) is 12.2 Å². The number of carbonyl (C=O) groups is 1. The lowest BCUT2D eigenvalue weighted by Crippen LogP contribution is -2.41. The van der Waals surface area contributed by atoms with Crippen molar-refractivity contribution in [2.45, 2.75) is 11.8 Å². The molecule has 4 rings (SSSR count). The number of hydrogen-bond acceptors (Lipinski definition) is 3. The van der Waals surface area contributed by atoms with Crippen molar-refractivity contribution in [2.75, 3.05) is 13.1 Å². The predicted octanol–water partition coefficient (Wildman–Crippen LogP) is 5.01. The van der Waals surface area contributed by atoms with Gasteiger partial charge >= 0.3 is 0 Å². The van der Waals surface area contributed by atoms with Crippen molar-refractivity contribution in [1.82, 2.24) is 4.31 Å². The Morgan fingerprint density at radius 1 is 0.758 bits per heavy atom. The van der Waals surface area contributed by atoms with Crippen LogP contribution >= 0.6 is 0 Å². The summed E-state index contributed by atoms with van der Waals surface area (Å²) in [6.45, 7) is 1.40. The third-order valence-corrected chi connectivity index (χ3v) is 7.21. The number of benzene rings is 3. The molecule has 1 saturated heterocycles. The second kappa shape index (κ2) is 9.21. The Kier molecular flexibility index (Phi) is 6.35. The molecule has 0 N–H and O–H groups in total. The molecule has 0 aliphatic carbocycles. The van der Waals surface area contributed by atoms with Crippen LogP contribution in [0.15, 0.2) is 88.8 Å². The molecule has 0 atom stereocenters. The smallest absolute Gasteiger partial charge is 0.243 e. The summed E-state index contributed by atoms with van der Waals surface area (Å²) in [5.74, 6) is -1.51. The molecule has 168 valence electrons. The third kappa shape index (κ3) is 4.84. The number of ketones is 1. The van der Waals surface area contributed by atoms with Gasteiger partial charge in [0, 0.05) is 35.4 Å². The quantitative estimate of drug-likeness (QED) is 0.509. The van der Waals surface area contributed by atoms with E-state index in [9.17, 15) is 22.0 Å². The lowest BCUT2D eigenvalue weighted by Gasteiger charge is -2.29. The van der Waals surface area contributed by atoms with E-state index in [0.717, 1.165) is 9.87 Å². The largest absolute Gasteiger partial charge is 0.289 e. The normalized spacial score (nSPS) is 17.6. The first-order valence-corrected chi connectivity index (χ1v) is 11.7. The number of sulfonamides is 1. The van der Waals surface area contributed by atoms with Gasteiger partial charge in [-0.1, -0.05) is 54.1 Å². The first kappa shape index (κ1) is 22.8. The standard InChI is InChI=1S/C26H21F2NO3S/c1-18-10-12-23(13-11-18)33(31,32)29-16-21(14-19-6-2-4-8-24(19)27)26(30)22(17-29)15-20-7-3-5-9-25(20)28/h2-15H,16-17H2,1H3. The van der Waals surface area contributed by atoms with Crippen LogP contribution in [0.2, 0.25) is 0 Å². The highest BCUT2D eigenvalue weighted by Gasteiger charge is 2.34. The van der Waals surface area contributed by atoms with Gasteiger partial charge in [0.15, 0.2) is 5.78 Å². The number of halogens is 2. The maximum atomic E-state index is 14.3. The summed E-state index contributed by atoms with van der Waals surface area (Å²) < 4.78 is 56.3. The molecule has 33 heavy (non-hydrogen) atoms. The van der Waals surface area contributed by atoms with E-state index in [1.165, 1.54) is 60.7 Å². The monoisotopic (exact) mass is 465 g/mol. The van der Waals surface area contributed by atoms with Crippen LogP contribution in [0.4, 0.5) is 8.78 Å². The van der Waals surface area contributed by atoms with Gasteiger partial charge < -0.3 is 0 Å². The highest BCUT2D eigenvalue weighted by Crippen LogP contribution is 2.28. The summed E-state index contributed by atoms with van der Waals surface area (Å²) in [4.78, 5) is 13.3. The van der Waals surface area contributed by atoms with Gasteiger partial charge in [0.05, 0.1) is 4.90 Å². The molecule has 0 saturated carbocycles. The number of nitrogens with zero attached hydrogens (tertiary/aromatic N) is 1. The Morgan fingerprint density at radius 2 is 1.21 bits per heavy atom. The third-order valence-electron chi connectivity index (χ3n) is 5.41. The second-order valence-electron chi connectivity index (χ2n) is 7.80. The zero-order valence-corrected chi connectivity index (χ0v) is 18.6. The molecule has 1 aliphatic heterocycles. The molecule has 0 radical (unpaired) electrons.